The minimum Gasteiger partial charge on any atom is -0.366 e. The van der Waals surface area contributed by atoms with Gasteiger partial charge in [-0.25, -0.2) is 13.8 Å². The molecule has 0 aromatic heterocycles. The fraction of sp³-hybridized carbons (Fsp3) is 0.188. The van der Waals surface area contributed by atoms with Crippen LogP contribution in [-0.4, -0.2) is 24.8 Å². The van der Waals surface area contributed by atoms with E-state index in [-0.39, 0.29) is 0 Å². The van der Waals surface area contributed by atoms with Gasteiger partial charge in [-0.05, 0) is 31.2 Å². The van der Waals surface area contributed by atoms with E-state index in [1.807, 2.05) is 18.9 Å². The maximum absolute atomic E-state index is 13.2. The quantitative estimate of drug-likeness (QED) is 0.554. The highest BCUT2D eigenvalue weighted by molar-refractivity contribution is 6.37. The largest absolute Gasteiger partial charge is 0.366 e. The lowest BCUT2D eigenvalue weighted by molar-refractivity contribution is 0.509. The molecule has 1 N–H and O–H groups in total. The van der Waals surface area contributed by atoms with E-state index >= 15 is 0 Å². The summed E-state index contributed by atoms with van der Waals surface area (Å²) < 4.78 is 26.2. The van der Waals surface area contributed by atoms with Crippen LogP contribution in [0.4, 0.5) is 25.8 Å². The van der Waals surface area contributed by atoms with Crippen molar-refractivity contribution in [2.24, 2.45) is 4.99 Å². The molecule has 23 heavy (non-hydrogen) atoms. The van der Waals surface area contributed by atoms with Gasteiger partial charge < -0.3 is 10.2 Å². The van der Waals surface area contributed by atoms with Gasteiger partial charge in [0.1, 0.15) is 0 Å². The molecule has 2 rings (SSSR count). The third kappa shape index (κ3) is 4.56. The van der Waals surface area contributed by atoms with Gasteiger partial charge in [0.05, 0.1) is 27.8 Å². The van der Waals surface area contributed by atoms with E-state index in [1.54, 1.807) is 18.5 Å². The summed E-state index contributed by atoms with van der Waals surface area (Å²) in [5, 5.41) is 3.65. The number of hydrogen-bond donors (Lipinski definition) is 1. The number of hydrogen-bond acceptors (Lipinski definition) is 2. The van der Waals surface area contributed by atoms with Crippen molar-refractivity contribution in [2.45, 2.75) is 6.92 Å². The maximum atomic E-state index is 13.2. The van der Waals surface area contributed by atoms with Gasteiger partial charge in [-0.15, -0.1) is 0 Å². The summed E-state index contributed by atoms with van der Waals surface area (Å²) in [5.74, 6) is -1.86. The van der Waals surface area contributed by atoms with Crippen LogP contribution in [0.5, 0.6) is 0 Å². The van der Waals surface area contributed by atoms with Crippen LogP contribution in [0.2, 0.25) is 10.0 Å². The molecule has 0 fully saturated rings. The number of halogens is 4. The van der Waals surface area contributed by atoms with Crippen molar-refractivity contribution in [1.82, 2.24) is 4.90 Å². The monoisotopic (exact) mass is 357 g/mol. The van der Waals surface area contributed by atoms with Gasteiger partial charge in [-0.3, -0.25) is 0 Å². The topological polar surface area (TPSA) is 27.6 Å². The predicted molar refractivity (Wildman–Crippen MR) is 92.6 cm³/mol. The summed E-state index contributed by atoms with van der Waals surface area (Å²) in [6.07, 6.45) is 1.65. The zero-order valence-corrected chi connectivity index (χ0v) is 14.1. The van der Waals surface area contributed by atoms with E-state index in [2.05, 4.69) is 10.3 Å². The summed E-state index contributed by atoms with van der Waals surface area (Å²) in [6, 6.07) is 6.68. The third-order valence-electron chi connectivity index (χ3n) is 3.13. The SMILES string of the molecule is CCN(C)C=Nc1cc(Cl)c(Nc2ccc(F)c(F)c2)cc1Cl. The molecule has 0 amide bonds. The van der Waals surface area contributed by atoms with Crippen LogP contribution in [0.15, 0.2) is 35.3 Å². The summed E-state index contributed by atoms with van der Waals surface area (Å²) in [5.41, 5.74) is 1.36. The smallest absolute Gasteiger partial charge is 0.160 e. The van der Waals surface area contributed by atoms with Crippen LogP contribution in [0.25, 0.3) is 0 Å². The second kappa shape index (κ2) is 7.62. The lowest BCUT2D eigenvalue weighted by Crippen LogP contribution is -2.14. The van der Waals surface area contributed by atoms with E-state index < -0.39 is 11.6 Å². The van der Waals surface area contributed by atoms with E-state index in [9.17, 15) is 8.78 Å². The summed E-state index contributed by atoms with van der Waals surface area (Å²) in [6.45, 7) is 2.81. The van der Waals surface area contributed by atoms with Crippen LogP contribution < -0.4 is 5.32 Å². The Morgan fingerprint density at radius 3 is 2.52 bits per heavy atom. The Hall–Kier alpha value is -1.85. The highest BCUT2D eigenvalue weighted by Gasteiger charge is 2.09. The first-order chi connectivity index (χ1) is 10.9. The number of anilines is 2. The van der Waals surface area contributed by atoms with Crippen molar-refractivity contribution in [3.05, 3.63) is 52.0 Å². The average molecular weight is 358 g/mol. The first-order valence-corrected chi connectivity index (χ1v) is 7.62. The minimum absolute atomic E-state index is 0.365. The fourth-order valence-electron chi connectivity index (χ4n) is 1.70. The molecular weight excluding hydrogens is 343 g/mol. The summed E-state index contributed by atoms with van der Waals surface area (Å²) >= 11 is 12.4. The number of aliphatic imine (C=N–C) groups is 1. The Balaban J connectivity index is 2.25. The van der Waals surface area contributed by atoms with Gasteiger partial charge in [-0.1, -0.05) is 23.2 Å². The second-order valence-corrected chi connectivity index (χ2v) is 5.67. The van der Waals surface area contributed by atoms with Crippen LogP contribution in [-0.2, 0) is 0 Å². The molecule has 122 valence electrons. The molecule has 3 nitrogen and oxygen atoms in total. The predicted octanol–water partition coefficient (Wildman–Crippen LogP) is 5.63. The summed E-state index contributed by atoms with van der Waals surface area (Å²) in [4.78, 5) is 6.14. The zero-order valence-electron chi connectivity index (χ0n) is 12.6. The fourth-order valence-corrected chi connectivity index (χ4v) is 2.12. The van der Waals surface area contributed by atoms with Crippen molar-refractivity contribution in [3.63, 3.8) is 0 Å². The Labute approximate surface area is 143 Å². The highest BCUT2D eigenvalue weighted by Crippen LogP contribution is 2.35. The molecule has 0 radical (unpaired) electrons. The molecule has 0 spiro atoms. The van der Waals surface area contributed by atoms with Gasteiger partial charge in [0.25, 0.3) is 0 Å². The molecule has 0 heterocycles. The van der Waals surface area contributed by atoms with Crippen LogP contribution in [0.1, 0.15) is 6.92 Å². The number of benzene rings is 2. The molecule has 0 aliphatic carbocycles. The Kier molecular flexibility index (Phi) is 5.80. The van der Waals surface area contributed by atoms with Crippen molar-refractivity contribution in [2.75, 3.05) is 18.9 Å². The molecule has 0 saturated heterocycles. The lowest BCUT2D eigenvalue weighted by Gasteiger charge is -2.12. The molecule has 0 atom stereocenters. The molecule has 0 aliphatic rings. The molecule has 2 aromatic rings. The van der Waals surface area contributed by atoms with E-state index in [4.69, 9.17) is 23.2 Å². The average Bonchev–Trinajstić information content (AvgIpc) is 2.52. The normalized spacial score (nSPS) is 11.0. The number of rotatable bonds is 5. The molecule has 0 bridgehead atoms. The van der Waals surface area contributed by atoms with Crippen LogP contribution in [0.3, 0.4) is 0 Å². The van der Waals surface area contributed by atoms with Crippen molar-refractivity contribution >= 4 is 46.6 Å². The standard InChI is InChI=1S/C16H15Cl2F2N3/c1-3-23(2)9-21-15-7-12(18)16(8-11(15)17)22-10-4-5-13(19)14(20)6-10/h4-9,22H,3H2,1-2H3. The highest BCUT2D eigenvalue weighted by atomic mass is 35.5. The molecule has 0 aliphatic heterocycles. The molecule has 2 aromatic carbocycles. The first kappa shape index (κ1) is 17.5. The van der Waals surface area contributed by atoms with Crippen molar-refractivity contribution in [1.29, 1.82) is 0 Å². The van der Waals surface area contributed by atoms with Gasteiger partial charge in [-0.2, -0.15) is 0 Å². The van der Waals surface area contributed by atoms with E-state index in [0.717, 1.165) is 18.7 Å². The van der Waals surface area contributed by atoms with Gasteiger partial charge >= 0.3 is 0 Å². The molecule has 0 saturated carbocycles. The van der Waals surface area contributed by atoms with Crippen LogP contribution in [0, 0.1) is 11.6 Å². The zero-order chi connectivity index (χ0) is 17.0. The van der Waals surface area contributed by atoms with Crippen LogP contribution >= 0.6 is 23.2 Å². The maximum Gasteiger partial charge on any atom is 0.160 e. The molecular formula is C16H15Cl2F2N3. The van der Waals surface area contributed by atoms with Gasteiger partial charge in [0.15, 0.2) is 11.6 Å². The third-order valence-corrected chi connectivity index (χ3v) is 3.74. The Bertz CT molecular complexity index is 736. The van der Waals surface area contributed by atoms with E-state index in [0.29, 0.717) is 27.1 Å². The number of nitrogens with zero attached hydrogens (tertiary/aromatic N) is 2. The molecule has 0 unspecified atom stereocenters. The Morgan fingerprint density at radius 1 is 1.13 bits per heavy atom. The molecule has 7 heteroatoms. The minimum atomic E-state index is -0.943. The van der Waals surface area contributed by atoms with Gasteiger partial charge in [0.2, 0.25) is 0 Å². The summed E-state index contributed by atoms with van der Waals surface area (Å²) in [7, 11) is 1.89. The van der Waals surface area contributed by atoms with Gasteiger partial charge in [0, 0.05) is 25.3 Å². The Morgan fingerprint density at radius 2 is 1.87 bits per heavy atom. The van der Waals surface area contributed by atoms with Crippen molar-refractivity contribution < 1.29 is 8.78 Å². The second-order valence-electron chi connectivity index (χ2n) is 4.86. The lowest BCUT2D eigenvalue weighted by atomic mass is 10.2. The first-order valence-electron chi connectivity index (χ1n) is 6.86. The van der Waals surface area contributed by atoms with Crippen molar-refractivity contribution in [3.8, 4) is 0 Å². The van der Waals surface area contributed by atoms with E-state index in [1.165, 1.54) is 6.07 Å². The number of nitrogens with one attached hydrogen (secondary N) is 1.